The number of hydrogen-bond acceptors (Lipinski definition) is 11. The van der Waals surface area contributed by atoms with Crippen molar-refractivity contribution in [3.05, 3.63) is 35.9 Å². The van der Waals surface area contributed by atoms with Gasteiger partial charge in [0, 0.05) is 29.4 Å². The minimum Gasteiger partial charge on any atom is -0.496 e. The Morgan fingerprint density at radius 1 is 1.08 bits per heavy atom. The Hall–Kier alpha value is -4.81. The number of aromatic nitrogens is 1. The molecule has 1 saturated heterocycles. The Morgan fingerprint density at radius 3 is 2.47 bits per heavy atom. The molecule has 4 amide bonds. The number of nitrogens with zero attached hydrogens (tertiary/aromatic N) is 2. The second kappa shape index (κ2) is 16.3. The van der Waals surface area contributed by atoms with E-state index < -0.39 is 86.6 Å². The molecular weight excluding hydrogens is 800 g/mol. The molecule has 0 radical (unpaired) electrons. The summed E-state index contributed by atoms with van der Waals surface area (Å²) in [7, 11) is -2.64. The van der Waals surface area contributed by atoms with Crippen LogP contribution in [0.15, 0.2) is 30.4 Å². The van der Waals surface area contributed by atoms with Gasteiger partial charge >= 0.3 is 12.3 Å². The highest BCUT2D eigenvalue weighted by Crippen LogP contribution is 2.48. The number of carbonyl (C=O) groups excluding carboxylic acids is 4. The summed E-state index contributed by atoms with van der Waals surface area (Å²) < 4.78 is 89.5. The van der Waals surface area contributed by atoms with Gasteiger partial charge < -0.3 is 34.5 Å². The monoisotopic (exact) mass is 851 g/mol. The Balaban J connectivity index is 1.35. The second-order valence-electron chi connectivity index (χ2n) is 17.1. The van der Waals surface area contributed by atoms with Crippen molar-refractivity contribution in [2.24, 2.45) is 5.92 Å². The molecular formula is C40H52F3N5O10S. The number of amides is 4. The minimum atomic E-state index is -4.67. The summed E-state index contributed by atoms with van der Waals surface area (Å²) in [4.78, 5) is 61.6. The maximum absolute atomic E-state index is 14.6. The molecule has 3 N–H and O–H groups in total. The highest BCUT2D eigenvalue weighted by Gasteiger charge is 2.63. The normalized spacial score (nSPS) is 26.0. The van der Waals surface area contributed by atoms with Gasteiger partial charge in [0.1, 0.15) is 40.8 Å². The first kappa shape index (κ1) is 43.8. The lowest BCUT2D eigenvalue weighted by atomic mass is 10.0. The lowest BCUT2D eigenvalue weighted by Crippen LogP contribution is -2.58. The van der Waals surface area contributed by atoms with Crippen LogP contribution in [-0.2, 0) is 29.1 Å². The number of hydrogen-bond donors (Lipinski definition) is 3. The van der Waals surface area contributed by atoms with Crippen LogP contribution in [0, 0.1) is 12.8 Å². The number of halogens is 3. The maximum atomic E-state index is 14.6. The number of carbonyl (C=O) groups is 4. The summed E-state index contributed by atoms with van der Waals surface area (Å²) in [6, 6.07) is 2.03. The van der Waals surface area contributed by atoms with Crippen LogP contribution in [0.3, 0.4) is 0 Å². The first-order valence-electron chi connectivity index (χ1n) is 19.7. The average Bonchev–Trinajstić information content (AvgIpc) is 4.02. The number of alkyl carbamates (subject to hydrolysis) is 1. The average molecular weight is 852 g/mol. The van der Waals surface area contributed by atoms with Crippen molar-refractivity contribution < 1.29 is 59.7 Å². The third-order valence-electron chi connectivity index (χ3n) is 11.2. The summed E-state index contributed by atoms with van der Waals surface area (Å²) >= 11 is 0. The molecule has 2 aromatic rings. The molecule has 324 valence electrons. The van der Waals surface area contributed by atoms with Gasteiger partial charge in [0.15, 0.2) is 6.61 Å². The fraction of sp³-hybridized carbons (Fsp3) is 0.625. The molecule has 59 heavy (non-hydrogen) atoms. The van der Waals surface area contributed by atoms with Crippen molar-refractivity contribution in [3.63, 3.8) is 0 Å². The number of methoxy groups -OCH3 is 1. The Labute approximate surface area is 341 Å². The van der Waals surface area contributed by atoms with Crippen molar-refractivity contribution >= 4 is 44.7 Å². The van der Waals surface area contributed by atoms with Gasteiger partial charge in [0.05, 0.1) is 23.9 Å². The number of rotatable bonds is 9. The number of fused-ring (bicyclic) bond motifs is 3. The molecule has 3 fully saturated rings. The number of pyridine rings is 1. The molecule has 4 aliphatic rings. The molecule has 5 atom stereocenters. The largest absolute Gasteiger partial charge is 0.496 e. The third-order valence-corrected chi connectivity index (χ3v) is 13.3. The van der Waals surface area contributed by atoms with Gasteiger partial charge in [0.25, 0.3) is 5.91 Å². The van der Waals surface area contributed by atoms with E-state index in [1.807, 2.05) is 6.08 Å². The molecule has 2 aliphatic carbocycles. The van der Waals surface area contributed by atoms with Gasteiger partial charge in [-0.1, -0.05) is 25.0 Å². The number of alkyl halides is 3. The van der Waals surface area contributed by atoms with Crippen LogP contribution in [0.1, 0.15) is 91.0 Å². The topological polar surface area (TPSA) is 192 Å². The van der Waals surface area contributed by atoms with E-state index in [4.69, 9.17) is 18.9 Å². The van der Waals surface area contributed by atoms with Crippen LogP contribution in [0.4, 0.5) is 18.0 Å². The van der Waals surface area contributed by atoms with E-state index in [1.54, 1.807) is 52.8 Å². The highest BCUT2D eigenvalue weighted by molar-refractivity contribution is 7.91. The summed E-state index contributed by atoms with van der Waals surface area (Å²) in [6.07, 6.45) is 0.726. The van der Waals surface area contributed by atoms with E-state index in [1.165, 1.54) is 18.1 Å². The smallest absolute Gasteiger partial charge is 0.422 e. The molecule has 6 rings (SSSR count). The first-order chi connectivity index (χ1) is 27.5. The minimum absolute atomic E-state index is 0.0592. The summed E-state index contributed by atoms with van der Waals surface area (Å²) in [6.45, 7) is 6.40. The molecule has 1 aromatic heterocycles. The van der Waals surface area contributed by atoms with Crippen LogP contribution < -0.4 is 29.6 Å². The van der Waals surface area contributed by atoms with Gasteiger partial charge in [-0.2, -0.15) is 13.2 Å². The van der Waals surface area contributed by atoms with E-state index in [0.717, 1.165) is 6.42 Å². The quantitative estimate of drug-likeness (QED) is 0.284. The molecule has 2 aliphatic heterocycles. The third kappa shape index (κ3) is 9.98. The van der Waals surface area contributed by atoms with Crippen LogP contribution in [0.5, 0.6) is 17.4 Å². The van der Waals surface area contributed by atoms with Gasteiger partial charge in [0.2, 0.25) is 27.7 Å². The van der Waals surface area contributed by atoms with E-state index in [0.29, 0.717) is 48.8 Å². The summed E-state index contributed by atoms with van der Waals surface area (Å²) in [5, 5.41) is 5.87. The molecule has 1 aromatic carbocycles. The van der Waals surface area contributed by atoms with Crippen molar-refractivity contribution in [1.29, 1.82) is 0 Å². The predicted molar refractivity (Wildman–Crippen MR) is 208 cm³/mol. The Morgan fingerprint density at radius 2 is 1.81 bits per heavy atom. The molecule has 0 bridgehead atoms. The molecule has 0 spiro atoms. The lowest BCUT2D eigenvalue weighted by Gasteiger charge is -2.30. The second-order valence-corrected chi connectivity index (χ2v) is 19.3. The zero-order valence-electron chi connectivity index (χ0n) is 34.0. The molecule has 19 heteroatoms. The van der Waals surface area contributed by atoms with Gasteiger partial charge in [-0.15, -0.1) is 0 Å². The number of benzene rings is 1. The van der Waals surface area contributed by atoms with Gasteiger partial charge in [-0.05, 0) is 85.3 Å². The van der Waals surface area contributed by atoms with Gasteiger partial charge in [-0.25, -0.2) is 18.2 Å². The van der Waals surface area contributed by atoms with E-state index in [2.05, 4.69) is 20.3 Å². The van der Waals surface area contributed by atoms with E-state index in [-0.39, 0.29) is 43.0 Å². The van der Waals surface area contributed by atoms with Crippen molar-refractivity contribution in [1.82, 2.24) is 25.2 Å². The highest BCUT2D eigenvalue weighted by atomic mass is 32.2. The standard InChI is InChI=1S/C40H52F3N5O10S/c1-23-29(55-6)15-14-26-30(19-31(45-32(23)26)56-22-40(41,42)43)57-25-18-28-33(49)46-39(35(51)47-59(53,54)38(5)16-17-38)20-24(39)12-10-8-7-9-11-13-27(34(50)48(28)21-25)44-36(52)58-37(2,3)4/h10,12,14-15,19,24-25,27-28H,7-9,11,13,16-18,20-22H2,1-6H3,(H,44,52)(H,46,49)(H,47,51). The Kier molecular flexibility index (Phi) is 12.1. The first-order valence-corrected chi connectivity index (χ1v) is 21.2. The zero-order chi connectivity index (χ0) is 43.1. The molecule has 3 heterocycles. The maximum Gasteiger partial charge on any atom is 0.422 e. The fourth-order valence-corrected chi connectivity index (χ4v) is 8.79. The van der Waals surface area contributed by atoms with E-state index in [9.17, 15) is 40.8 Å². The molecule has 15 nitrogen and oxygen atoms in total. The SMILES string of the molecule is COc1ccc2c(OC3CC4C(=O)NC5(C(=O)NS(=O)(=O)C6(C)CC6)CC5C=CCCCCCC(NC(=O)OC(C)(C)C)C(=O)N4C3)cc(OCC(F)(F)F)nc2c1C. The fourth-order valence-electron chi connectivity index (χ4n) is 7.48. The van der Waals surface area contributed by atoms with Crippen molar-refractivity contribution in [3.8, 4) is 17.4 Å². The summed E-state index contributed by atoms with van der Waals surface area (Å²) in [5.41, 5.74) is -1.78. The van der Waals surface area contributed by atoms with Crippen LogP contribution >= 0.6 is 0 Å². The van der Waals surface area contributed by atoms with Crippen molar-refractivity contribution in [2.45, 2.75) is 133 Å². The van der Waals surface area contributed by atoms with Gasteiger partial charge in [-0.3, -0.25) is 19.1 Å². The summed E-state index contributed by atoms with van der Waals surface area (Å²) in [5.74, 6) is -2.72. The van der Waals surface area contributed by atoms with Crippen molar-refractivity contribution in [2.75, 3.05) is 20.3 Å². The predicted octanol–water partition coefficient (Wildman–Crippen LogP) is 5.13. The molecule has 2 saturated carbocycles. The number of ether oxygens (including phenoxy) is 4. The lowest BCUT2D eigenvalue weighted by molar-refractivity contribution is -0.154. The Bertz CT molecular complexity index is 2120. The zero-order valence-corrected chi connectivity index (χ0v) is 34.8. The van der Waals surface area contributed by atoms with E-state index >= 15 is 0 Å². The van der Waals surface area contributed by atoms with Crippen LogP contribution in [-0.4, -0.2) is 103 Å². The van der Waals surface area contributed by atoms with Crippen LogP contribution in [0.25, 0.3) is 10.9 Å². The number of nitrogens with one attached hydrogen (secondary N) is 3. The number of allylic oxidation sites excluding steroid dienone is 1. The number of sulfonamides is 1. The van der Waals surface area contributed by atoms with Crippen LogP contribution in [0.2, 0.25) is 0 Å². The number of aryl methyl sites for hydroxylation is 1. The molecule has 5 unspecified atom stereocenters.